The van der Waals surface area contributed by atoms with Crippen LogP contribution in [0.1, 0.15) is 50.7 Å². The Morgan fingerprint density at radius 3 is 2.42 bits per heavy atom. The van der Waals surface area contributed by atoms with Crippen molar-refractivity contribution in [1.29, 1.82) is 0 Å². The Kier molecular flexibility index (Phi) is 6.67. The third kappa shape index (κ3) is 5.01. The van der Waals surface area contributed by atoms with Crippen LogP contribution in [0.15, 0.2) is 48.5 Å². The molecular weight excluding hydrogens is 326 g/mol. The maximum Gasteiger partial charge on any atom is 0.225 e. The van der Waals surface area contributed by atoms with Gasteiger partial charge in [-0.2, -0.15) is 0 Å². The van der Waals surface area contributed by atoms with Crippen LogP contribution in [0.3, 0.4) is 0 Å². The number of carbonyl (C=O) groups excluding carboxylic acids is 1. The predicted molar refractivity (Wildman–Crippen MR) is 104 cm³/mol. The number of aromatic hydroxyl groups is 2. The molecule has 0 aromatic heterocycles. The van der Waals surface area contributed by atoms with E-state index in [1.165, 1.54) is 17.7 Å². The Hall–Kier alpha value is -2.49. The minimum Gasteiger partial charge on any atom is -0.504 e. The summed E-state index contributed by atoms with van der Waals surface area (Å²) in [6.07, 6.45) is 2.17. The maximum atomic E-state index is 12.8. The smallest absolute Gasteiger partial charge is 0.225 e. The Bertz CT molecular complexity index is 729. The summed E-state index contributed by atoms with van der Waals surface area (Å²) in [7, 11) is 0. The molecule has 140 valence electrons. The number of amides is 1. The highest BCUT2D eigenvalue weighted by atomic mass is 16.3. The topological polar surface area (TPSA) is 69.6 Å². The first-order valence-corrected chi connectivity index (χ1v) is 9.20. The van der Waals surface area contributed by atoms with E-state index in [1.54, 1.807) is 6.07 Å². The average molecular weight is 355 g/mol. The molecule has 0 heterocycles. The molecule has 26 heavy (non-hydrogen) atoms. The van der Waals surface area contributed by atoms with Crippen molar-refractivity contribution in [1.82, 2.24) is 5.32 Å². The third-order valence-corrected chi connectivity index (χ3v) is 5.19. The van der Waals surface area contributed by atoms with Gasteiger partial charge in [0, 0.05) is 12.0 Å². The minimum atomic E-state index is -0.424. The van der Waals surface area contributed by atoms with E-state index in [2.05, 4.69) is 31.3 Å². The van der Waals surface area contributed by atoms with Crippen LogP contribution in [0, 0.1) is 5.41 Å². The third-order valence-electron chi connectivity index (χ3n) is 5.19. The summed E-state index contributed by atoms with van der Waals surface area (Å²) in [5, 5.41) is 21.9. The van der Waals surface area contributed by atoms with Crippen LogP contribution in [-0.4, -0.2) is 22.7 Å². The van der Waals surface area contributed by atoms with Gasteiger partial charge in [-0.15, -0.1) is 0 Å². The zero-order valence-electron chi connectivity index (χ0n) is 15.8. The maximum absolute atomic E-state index is 12.8. The molecule has 0 aliphatic rings. The normalized spacial score (nSPS) is 14.4. The zero-order chi connectivity index (χ0) is 19.2. The molecule has 0 radical (unpaired) electrons. The summed E-state index contributed by atoms with van der Waals surface area (Å²) in [5.41, 5.74) is 1.70. The summed E-state index contributed by atoms with van der Waals surface area (Å²) in [5.74, 6) is 0.0990. The molecule has 2 rings (SSSR count). The van der Waals surface area contributed by atoms with Crippen molar-refractivity contribution >= 4 is 5.91 Å². The van der Waals surface area contributed by atoms with Gasteiger partial charge in [0.25, 0.3) is 0 Å². The van der Waals surface area contributed by atoms with Crippen molar-refractivity contribution in [3.63, 3.8) is 0 Å². The number of benzene rings is 2. The molecule has 0 aliphatic carbocycles. The first-order valence-electron chi connectivity index (χ1n) is 9.20. The van der Waals surface area contributed by atoms with Crippen LogP contribution in [0.25, 0.3) is 0 Å². The lowest BCUT2D eigenvalue weighted by Gasteiger charge is -2.30. The summed E-state index contributed by atoms with van der Waals surface area (Å²) < 4.78 is 0. The minimum absolute atomic E-state index is 0.0609. The van der Waals surface area contributed by atoms with Gasteiger partial charge in [-0.3, -0.25) is 4.79 Å². The van der Waals surface area contributed by atoms with E-state index in [1.807, 2.05) is 25.1 Å². The van der Waals surface area contributed by atoms with Crippen molar-refractivity contribution < 1.29 is 15.0 Å². The highest BCUT2D eigenvalue weighted by molar-refractivity contribution is 5.82. The van der Waals surface area contributed by atoms with E-state index in [-0.39, 0.29) is 17.4 Å². The van der Waals surface area contributed by atoms with Gasteiger partial charge in [-0.05, 0) is 48.4 Å². The Balaban J connectivity index is 1.93. The standard InChI is InChI=1S/C22H29NO3/c1-4-22(3,15-16(2)18-8-6-5-7-9-18)21(26)23-13-12-17-10-11-19(24)20(25)14-17/h5-11,14,16,24-25H,4,12-13,15H2,1-3H3,(H,23,26). The average Bonchev–Trinajstić information content (AvgIpc) is 2.65. The molecule has 2 unspecified atom stereocenters. The van der Waals surface area contributed by atoms with Gasteiger partial charge in [0.05, 0.1) is 0 Å². The lowest BCUT2D eigenvalue weighted by molar-refractivity contribution is -0.131. The Labute approximate surface area is 155 Å². The van der Waals surface area contributed by atoms with Crippen LogP contribution >= 0.6 is 0 Å². The van der Waals surface area contributed by atoms with Gasteiger partial charge in [0.2, 0.25) is 5.91 Å². The van der Waals surface area contributed by atoms with Crippen molar-refractivity contribution in [2.75, 3.05) is 6.54 Å². The van der Waals surface area contributed by atoms with Gasteiger partial charge >= 0.3 is 0 Å². The van der Waals surface area contributed by atoms with E-state index in [0.717, 1.165) is 18.4 Å². The lowest BCUT2D eigenvalue weighted by Crippen LogP contribution is -2.40. The van der Waals surface area contributed by atoms with Crippen LogP contribution in [-0.2, 0) is 11.2 Å². The molecular formula is C22H29NO3. The van der Waals surface area contributed by atoms with Gasteiger partial charge in [0.15, 0.2) is 11.5 Å². The van der Waals surface area contributed by atoms with Crippen molar-refractivity contribution in [2.24, 2.45) is 5.41 Å². The molecule has 0 aliphatic heterocycles. The second kappa shape index (κ2) is 8.75. The highest BCUT2D eigenvalue weighted by Crippen LogP contribution is 2.34. The molecule has 2 atom stereocenters. The molecule has 0 saturated carbocycles. The molecule has 0 bridgehead atoms. The quantitative estimate of drug-likeness (QED) is 0.616. The number of carbonyl (C=O) groups is 1. The van der Waals surface area contributed by atoms with Crippen molar-refractivity contribution in [3.8, 4) is 11.5 Å². The SMILES string of the molecule is CCC(C)(CC(C)c1ccccc1)C(=O)NCCc1ccc(O)c(O)c1. The number of phenolic OH excluding ortho intramolecular Hbond substituents is 2. The molecule has 0 fully saturated rings. The first kappa shape index (κ1) is 19.8. The first-order chi connectivity index (χ1) is 12.4. The number of hydrogen-bond donors (Lipinski definition) is 3. The highest BCUT2D eigenvalue weighted by Gasteiger charge is 2.33. The summed E-state index contributed by atoms with van der Waals surface area (Å²) in [6, 6.07) is 15.0. The van der Waals surface area contributed by atoms with Gasteiger partial charge < -0.3 is 15.5 Å². The molecule has 2 aromatic carbocycles. The molecule has 2 aromatic rings. The van der Waals surface area contributed by atoms with E-state index in [0.29, 0.717) is 18.9 Å². The van der Waals surface area contributed by atoms with Crippen LogP contribution in [0.5, 0.6) is 11.5 Å². The zero-order valence-corrected chi connectivity index (χ0v) is 15.8. The summed E-state index contributed by atoms with van der Waals surface area (Å²) >= 11 is 0. The lowest BCUT2D eigenvalue weighted by atomic mass is 9.76. The van der Waals surface area contributed by atoms with Gasteiger partial charge in [-0.1, -0.05) is 57.2 Å². The molecule has 0 saturated heterocycles. The van der Waals surface area contributed by atoms with Gasteiger partial charge in [-0.25, -0.2) is 0 Å². The van der Waals surface area contributed by atoms with E-state index in [9.17, 15) is 15.0 Å². The van der Waals surface area contributed by atoms with E-state index < -0.39 is 5.41 Å². The Morgan fingerprint density at radius 2 is 1.81 bits per heavy atom. The summed E-state index contributed by atoms with van der Waals surface area (Å²) in [4.78, 5) is 12.8. The fourth-order valence-corrected chi connectivity index (χ4v) is 3.23. The van der Waals surface area contributed by atoms with Crippen molar-refractivity contribution in [2.45, 2.75) is 46.0 Å². The number of nitrogens with one attached hydrogen (secondary N) is 1. The molecule has 4 heteroatoms. The summed E-state index contributed by atoms with van der Waals surface area (Å²) in [6.45, 7) is 6.73. The monoisotopic (exact) mass is 355 g/mol. The van der Waals surface area contributed by atoms with Crippen LogP contribution in [0.4, 0.5) is 0 Å². The van der Waals surface area contributed by atoms with Crippen LogP contribution in [0.2, 0.25) is 0 Å². The molecule has 0 spiro atoms. The number of phenols is 2. The fourth-order valence-electron chi connectivity index (χ4n) is 3.23. The van der Waals surface area contributed by atoms with Crippen LogP contribution < -0.4 is 5.32 Å². The van der Waals surface area contributed by atoms with E-state index in [4.69, 9.17) is 0 Å². The predicted octanol–water partition coefficient (Wildman–Crippen LogP) is 4.37. The second-order valence-corrected chi connectivity index (χ2v) is 7.26. The molecule has 3 N–H and O–H groups in total. The van der Waals surface area contributed by atoms with Crippen molar-refractivity contribution in [3.05, 3.63) is 59.7 Å². The van der Waals surface area contributed by atoms with Gasteiger partial charge in [0.1, 0.15) is 0 Å². The largest absolute Gasteiger partial charge is 0.504 e. The number of rotatable bonds is 8. The second-order valence-electron chi connectivity index (χ2n) is 7.26. The van der Waals surface area contributed by atoms with E-state index >= 15 is 0 Å². The molecule has 1 amide bonds. The molecule has 4 nitrogen and oxygen atoms in total. The number of hydrogen-bond acceptors (Lipinski definition) is 3. The fraction of sp³-hybridized carbons (Fsp3) is 0.409. The Morgan fingerprint density at radius 1 is 1.12 bits per heavy atom.